The number of non-ortho nitro benzene ring substituents is 1. The maximum atomic E-state index is 11.8. The molecule has 7 nitrogen and oxygen atoms in total. The Morgan fingerprint density at radius 2 is 2.11 bits per heavy atom. The van der Waals surface area contributed by atoms with Crippen LogP contribution >= 0.6 is 11.8 Å². The van der Waals surface area contributed by atoms with Crippen molar-refractivity contribution in [2.24, 2.45) is 0 Å². The Bertz CT molecular complexity index is 609. The van der Waals surface area contributed by atoms with Crippen molar-refractivity contribution >= 4 is 23.2 Å². The SMILES string of the molecule is Cc1nc(SCC(=O)c2ccc([N+](=O)[O-])cc2)n[nH]1. The quantitative estimate of drug-likeness (QED) is 0.388. The van der Waals surface area contributed by atoms with Crippen molar-refractivity contribution in [2.45, 2.75) is 12.1 Å². The lowest BCUT2D eigenvalue weighted by molar-refractivity contribution is -0.384. The van der Waals surface area contributed by atoms with E-state index in [1.165, 1.54) is 36.0 Å². The van der Waals surface area contributed by atoms with Crippen LogP contribution < -0.4 is 0 Å². The van der Waals surface area contributed by atoms with E-state index in [1.54, 1.807) is 6.92 Å². The molecule has 1 aromatic carbocycles. The third-order valence-electron chi connectivity index (χ3n) is 2.31. The number of H-pyrrole nitrogens is 1. The van der Waals surface area contributed by atoms with Crippen LogP contribution in [0.25, 0.3) is 0 Å². The molecule has 1 heterocycles. The number of ketones is 1. The summed E-state index contributed by atoms with van der Waals surface area (Å²) in [5.41, 5.74) is 0.402. The van der Waals surface area contributed by atoms with Gasteiger partial charge in [-0.1, -0.05) is 11.8 Å². The number of nitrogens with zero attached hydrogens (tertiary/aromatic N) is 3. The average Bonchev–Trinajstić information content (AvgIpc) is 2.82. The van der Waals surface area contributed by atoms with Crippen LogP contribution in [0.3, 0.4) is 0 Å². The zero-order valence-electron chi connectivity index (χ0n) is 9.99. The van der Waals surface area contributed by atoms with Gasteiger partial charge in [0, 0.05) is 17.7 Å². The molecular weight excluding hydrogens is 268 g/mol. The summed E-state index contributed by atoms with van der Waals surface area (Å²) in [5, 5.41) is 17.6. The lowest BCUT2D eigenvalue weighted by Crippen LogP contribution is -2.02. The Morgan fingerprint density at radius 3 is 2.63 bits per heavy atom. The predicted molar refractivity (Wildman–Crippen MR) is 69.3 cm³/mol. The number of aromatic amines is 1. The second-order valence-electron chi connectivity index (χ2n) is 3.72. The summed E-state index contributed by atoms with van der Waals surface area (Å²) in [4.78, 5) is 25.9. The van der Waals surface area contributed by atoms with Crippen LogP contribution in [0, 0.1) is 17.0 Å². The van der Waals surface area contributed by atoms with E-state index in [0.29, 0.717) is 16.5 Å². The van der Waals surface area contributed by atoms with Crippen molar-refractivity contribution in [3.05, 3.63) is 45.8 Å². The Hall–Kier alpha value is -2.22. The van der Waals surface area contributed by atoms with Gasteiger partial charge in [-0.3, -0.25) is 20.0 Å². The highest BCUT2D eigenvalue weighted by Crippen LogP contribution is 2.17. The molecule has 0 saturated carbocycles. The van der Waals surface area contributed by atoms with Crippen molar-refractivity contribution < 1.29 is 9.72 Å². The number of aromatic nitrogens is 3. The first-order chi connectivity index (χ1) is 9.06. The zero-order chi connectivity index (χ0) is 13.8. The van der Waals surface area contributed by atoms with Gasteiger partial charge in [0.2, 0.25) is 5.16 Å². The van der Waals surface area contributed by atoms with Gasteiger partial charge in [0.15, 0.2) is 5.78 Å². The van der Waals surface area contributed by atoms with Gasteiger partial charge in [-0.15, -0.1) is 5.10 Å². The molecule has 98 valence electrons. The average molecular weight is 278 g/mol. The largest absolute Gasteiger partial charge is 0.293 e. The number of carbonyl (C=O) groups is 1. The monoisotopic (exact) mass is 278 g/mol. The number of hydrogen-bond acceptors (Lipinski definition) is 6. The maximum Gasteiger partial charge on any atom is 0.269 e. The summed E-state index contributed by atoms with van der Waals surface area (Å²) in [6.07, 6.45) is 0. The van der Waals surface area contributed by atoms with Crippen LogP contribution in [0.4, 0.5) is 5.69 Å². The van der Waals surface area contributed by atoms with Gasteiger partial charge in [0.05, 0.1) is 10.7 Å². The third kappa shape index (κ3) is 3.38. The first-order valence-electron chi connectivity index (χ1n) is 5.36. The predicted octanol–water partition coefficient (Wildman–Crippen LogP) is 2.00. The molecular formula is C11H10N4O3S. The lowest BCUT2D eigenvalue weighted by Gasteiger charge is -1.98. The summed E-state index contributed by atoms with van der Waals surface area (Å²) in [5.74, 6) is 0.752. The third-order valence-corrected chi connectivity index (χ3v) is 3.16. The molecule has 1 aromatic heterocycles. The summed E-state index contributed by atoms with van der Waals surface area (Å²) in [6, 6.07) is 5.53. The Labute approximate surface area is 112 Å². The van der Waals surface area contributed by atoms with Crippen LogP contribution in [-0.4, -0.2) is 31.6 Å². The zero-order valence-corrected chi connectivity index (χ0v) is 10.8. The van der Waals surface area contributed by atoms with Crippen molar-refractivity contribution in [3.8, 4) is 0 Å². The van der Waals surface area contributed by atoms with Crippen molar-refractivity contribution in [2.75, 3.05) is 5.75 Å². The van der Waals surface area contributed by atoms with Crippen LogP contribution in [0.5, 0.6) is 0 Å². The van der Waals surface area contributed by atoms with E-state index < -0.39 is 4.92 Å². The minimum atomic E-state index is -0.501. The fourth-order valence-corrected chi connectivity index (χ4v) is 2.11. The van der Waals surface area contributed by atoms with Crippen LogP contribution in [0.15, 0.2) is 29.4 Å². The molecule has 1 N–H and O–H groups in total. The normalized spacial score (nSPS) is 10.4. The molecule has 0 spiro atoms. The number of thioether (sulfide) groups is 1. The Morgan fingerprint density at radius 1 is 1.42 bits per heavy atom. The molecule has 2 rings (SSSR count). The number of benzene rings is 1. The Kier molecular flexibility index (Phi) is 3.91. The highest BCUT2D eigenvalue weighted by molar-refractivity contribution is 7.99. The van der Waals surface area contributed by atoms with Gasteiger partial charge in [-0.05, 0) is 19.1 Å². The highest BCUT2D eigenvalue weighted by atomic mass is 32.2. The minimum Gasteiger partial charge on any atom is -0.293 e. The summed E-state index contributed by atoms with van der Waals surface area (Å²) >= 11 is 1.22. The van der Waals surface area contributed by atoms with Crippen LogP contribution in [0.2, 0.25) is 0 Å². The molecule has 8 heteroatoms. The molecule has 19 heavy (non-hydrogen) atoms. The first-order valence-corrected chi connectivity index (χ1v) is 6.34. The number of Topliss-reactive ketones (excluding diaryl/α,β-unsaturated/α-hetero) is 1. The Balaban J connectivity index is 1.98. The molecule has 0 aliphatic heterocycles. The van der Waals surface area contributed by atoms with E-state index in [9.17, 15) is 14.9 Å². The van der Waals surface area contributed by atoms with E-state index in [0.717, 1.165) is 0 Å². The van der Waals surface area contributed by atoms with Gasteiger partial charge in [0.1, 0.15) is 5.82 Å². The molecule has 0 bridgehead atoms. The van der Waals surface area contributed by atoms with Gasteiger partial charge in [0.25, 0.3) is 5.69 Å². The van der Waals surface area contributed by atoms with Gasteiger partial charge < -0.3 is 0 Å². The van der Waals surface area contributed by atoms with Gasteiger partial charge in [-0.2, -0.15) is 0 Å². The summed E-state index contributed by atoms with van der Waals surface area (Å²) in [6.45, 7) is 1.77. The fourth-order valence-electron chi connectivity index (χ4n) is 1.37. The first kappa shape index (κ1) is 13.2. The number of rotatable bonds is 5. The molecule has 0 aliphatic carbocycles. The fraction of sp³-hybridized carbons (Fsp3) is 0.182. The molecule has 0 fully saturated rings. The molecule has 0 atom stereocenters. The van der Waals surface area contributed by atoms with Crippen LogP contribution in [0.1, 0.15) is 16.2 Å². The number of nitrogens with one attached hydrogen (secondary N) is 1. The number of aryl methyl sites for hydroxylation is 1. The molecule has 2 aromatic rings. The van der Waals surface area contributed by atoms with Crippen molar-refractivity contribution in [3.63, 3.8) is 0 Å². The number of hydrogen-bond donors (Lipinski definition) is 1. The molecule has 0 unspecified atom stereocenters. The number of nitro groups is 1. The molecule has 0 saturated heterocycles. The van der Waals surface area contributed by atoms with E-state index in [4.69, 9.17) is 0 Å². The standard InChI is InChI=1S/C11H10N4O3S/c1-7-12-11(14-13-7)19-6-10(16)8-2-4-9(5-3-8)15(17)18/h2-5H,6H2,1H3,(H,12,13,14). The smallest absolute Gasteiger partial charge is 0.269 e. The van der Waals surface area contributed by atoms with Crippen LogP contribution in [-0.2, 0) is 0 Å². The van der Waals surface area contributed by atoms with E-state index in [2.05, 4.69) is 15.2 Å². The van der Waals surface area contributed by atoms with Crippen molar-refractivity contribution in [1.29, 1.82) is 0 Å². The van der Waals surface area contributed by atoms with E-state index in [-0.39, 0.29) is 17.2 Å². The van der Waals surface area contributed by atoms with Crippen molar-refractivity contribution in [1.82, 2.24) is 15.2 Å². The summed E-state index contributed by atoms with van der Waals surface area (Å²) in [7, 11) is 0. The minimum absolute atomic E-state index is 0.0335. The molecule has 0 radical (unpaired) electrons. The van der Waals surface area contributed by atoms with Gasteiger partial charge in [-0.25, -0.2) is 4.98 Å². The topological polar surface area (TPSA) is 102 Å². The summed E-state index contributed by atoms with van der Waals surface area (Å²) < 4.78 is 0. The molecule has 0 amide bonds. The second kappa shape index (κ2) is 5.61. The maximum absolute atomic E-state index is 11.8. The molecule has 0 aliphatic rings. The second-order valence-corrected chi connectivity index (χ2v) is 4.66. The number of carbonyl (C=O) groups excluding carboxylic acids is 1. The van der Waals surface area contributed by atoms with E-state index in [1.807, 2.05) is 0 Å². The lowest BCUT2D eigenvalue weighted by atomic mass is 10.1. The highest BCUT2D eigenvalue weighted by Gasteiger charge is 2.11. The number of nitro benzene ring substituents is 1. The van der Waals surface area contributed by atoms with E-state index >= 15 is 0 Å². The van der Waals surface area contributed by atoms with Gasteiger partial charge >= 0.3 is 0 Å².